The Morgan fingerprint density at radius 2 is 1.79 bits per heavy atom. The zero-order valence-electron chi connectivity index (χ0n) is 13.8. The van der Waals surface area contributed by atoms with Gasteiger partial charge in [-0.25, -0.2) is 4.68 Å². The van der Waals surface area contributed by atoms with Crippen LogP contribution in [0.25, 0.3) is 5.69 Å². The molecule has 2 aromatic carbocycles. The molecule has 1 amide bonds. The first-order valence-electron chi connectivity index (χ1n) is 7.54. The van der Waals surface area contributed by atoms with Crippen molar-refractivity contribution in [1.82, 2.24) is 15.0 Å². The Hall–Kier alpha value is -3.15. The van der Waals surface area contributed by atoms with E-state index in [1.54, 1.807) is 18.7 Å². The summed E-state index contributed by atoms with van der Waals surface area (Å²) in [6, 6.07) is 15.1. The number of methoxy groups -OCH3 is 1. The number of nitrogens with one attached hydrogen (secondary N) is 1. The van der Waals surface area contributed by atoms with Crippen LogP contribution >= 0.6 is 0 Å². The van der Waals surface area contributed by atoms with Crippen LogP contribution < -0.4 is 10.1 Å². The average Bonchev–Trinajstić information content (AvgIpc) is 2.98. The quantitative estimate of drug-likeness (QED) is 0.801. The molecule has 0 aliphatic rings. The van der Waals surface area contributed by atoms with Gasteiger partial charge in [0.1, 0.15) is 11.4 Å². The first-order valence-corrected chi connectivity index (χ1v) is 7.54. The zero-order chi connectivity index (χ0) is 17.1. The van der Waals surface area contributed by atoms with Crippen LogP contribution in [-0.4, -0.2) is 28.0 Å². The van der Waals surface area contributed by atoms with Gasteiger partial charge >= 0.3 is 0 Å². The van der Waals surface area contributed by atoms with Crippen molar-refractivity contribution in [3.63, 3.8) is 0 Å². The molecular formula is C18H18N4O2. The van der Waals surface area contributed by atoms with Gasteiger partial charge in [0.05, 0.1) is 12.8 Å². The van der Waals surface area contributed by atoms with Gasteiger partial charge in [-0.1, -0.05) is 35.5 Å². The van der Waals surface area contributed by atoms with Gasteiger partial charge in [0.15, 0.2) is 5.69 Å². The van der Waals surface area contributed by atoms with Crippen LogP contribution in [0.4, 0.5) is 5.69 Å². The van der Waals surface area contributed by atoms with Gasteiger partial charge in [-0.15, -0.1) is 5.10 Å². The number of nitrogens with zero attached hydrogens (tertiary/aromatic N) is 3. The Bertz CT molecular complexity index is 886. The fourth-order valence-electron chi connectivity index (χ4n) is 2.47. The molecular weight excluding hydrogens is 304 g/mol. The Kier molecular flexibility index (Phi) is 4.29. The summed E-state index contributed by atoms with van der Waals surface area (Å²) in [7, 11) is 1.59. The maximum absolute atomic E-state index is 12.5. The molecule has 122 valence electrons. The van der Waals surface area contributed by atoms with E-state index in [-0.39, 0.29) is 11.6 Å². The molecule has 0 radical (unpaired) electrons. The molecule has 0 unspecified atom stereocenters. The second-order valence-electron chi connectivity index (χ2n) is 5.38. The number of carbonyl (C=O) groups excluding carboxylic acids is 1. The maximum atomic E-state index is 12.5. The molecule has 3 aromatic rings. The summed E-state index contributed by atoms with van der Waals surface area (Å²) in [4.78, 5) is 12.5. The molecule has 6 nitrogen and oxygen atoms in total. The fraction of sp³-hybridized carbons (Fsp3) is 0.167. The number of para-hydroxylation sites is 3. The lowest BCUT2D eigenvalue weighted by Gasteiger charge is -2.09. The standard InChI is InChI=1S/C18H18N4O2/c1-12-8-4-5-9-14(12)19-18(23)17-13(2)22(21-20-17)15-10-6-7-11-16(15)24-3/h4-11H,1-3H3,(H,19,23). The van der Waals surface area contributed by atoms with Crippen molar-refractivity contribution in [3.8, 4) is 11.4 Å². The van der Waals surface area contributed by atoms with Crippen LogP contribution in [0.3, 0.4) is 0 Å². The summed E-state index contributed by atoms with van der Waals surface area (Å²) in [5, 5.41) is 11.0. The van der Waals surface area contributed by atoms with Crippen LogP contribution in [0.5, 0.6) is 5.75 Å². The molecule has 0 saturated carbocycles. The van der Waals surface area contributed by atoms with Crippen molar-refractivity contribution >= 4 is 11.6 Å². The third-order valence-corrected chi connectivity index (χ3v) is 3.82. The number of ether oxygens (including phenoxy) is 1. The van der Waals surface area contributed by atoms with Crippen LogP contribution in [0.1, 0.15) is 21.7 Å². The van der Waals surface area contributed by atoms with E-state index in [9.17, 15) is 4.79 Å². The molecule has 0 saturated heterocycles. The zero-order valence-corrected chi connectivity index (χ0v) is 13.8. The first-order chi connectivity index (χ1) is 11.6. The van der Waals surface area contributed by atoms with E-state index in [2.05, 4.69) is 15.6 Å². The molecule has 0 aliphatic heterocycles. The number of hydrogen-bond acceptors (Lipinski definition) is 4. The second-order valence-corrected chi connectivity index (χ2v) is 5.38. The first kappa shape index (κ1) is 15.7. The Morgan fingerprint density at radius 1 is 1.08 bits per heavy atom. The lowest BCUT2D eigenvalue weighted by Crippen LogP contribution is -2.15. The summed E-state index contributed by atoms with van der Waals surface area (Å²) in [5.41, 5.74) is 3.41. The predicted molar refractivity (Wildman–Crippen MR) is 91.8 cm³/mol. The van der Waals surface area contributed by atoms with Crippen molar-refractivity contribution in [2.75, 3.05) is 12.4 Å². The van der Waals surface area contributed by atoms with Crippen LogP contribution in [-0.2, 0) is 0 Å². The normalized spacial score (nSPS) is 10.5. The second kappa shape index (κ2) is 6.54. The maximum Gasteiger partial charge on any atom is 0.278 e. The van der Waals surface area contributed by atoms with Crippen molar-refractivity contribution < 1.29 is 9.53 Å². The molecule has 0 spiro atoms. The topological polar surface area (TPSA) is 69.0 Å². The predicted octanol–water partition coefficient (Wildman–Crippen LogP) is 3.15. The molecule has 3 rings (SSSR count). The third-order valence-electron chi connectivity index (χ3n) is 3.82. The van der Waals surface area contributed by atoms with E-state index in [0.29, 0.717) is 11.4 Å². The summed E-state index contributed by atoms with van der Waals surface area (Å²) in [6.07, 6.45) is 0. The Balaban J connectivity index is 1.93. The molecule has 0 fully saturated rings. The molecule has 0 atom stereocenters. The number of anilines is 1. The molecule has 1 aromatic heterocycles. The van der Waals surface area contributed by atoms with Crippen molar-refractivity contribution in [3.05, 3.63) is 65.5 Å². The minimum atomic E-state index is -0.289. The van der Waals surface area contributed by atoms with E-state index < -0.39 is 0 Å². The van der Waals surface area contributed by atoms with Gasteiger partial charge in [0.2, 0.25) is 0 Å². The van der Waals surface area contributed by atoms with Crippen molar-refractivity contribution in [2.24, 2.45) is 0 Å². The number of aromatic nitrogens is 3. The largest absolute Gasteiger partial charge is 0.494 e. The lowest BCUT2D eigenvalue weighted by molar-refractivity contribution is 0.102. The van der Waals surface area contributed by atoms with Crippen LogP contribution in [0.2, 0.25) is 0 Å². The highest BCUT2D eigenvalue weighted by atomic mass is 16.5. The van der Waals surface area contributed by atoms with E-state index in [1.165, 1.54) is 0 Å². The van der Waals surface area contributed by atoms with Gasteiger partial charge in [-0.3, -0.25) is 4.79 Å². The molecule has 24 heavy (non-hydrogen) atoms. The SMILES string of the molecule is COc1ccccc1-n1nnc(C(=O)Nc2ccccc2C)c1C. The van der Waals surface area contributed by atoms with E-state index >= 15 is 0 Å². The molecule has 1 N–H and O–H groups in total. The highest BCUT2D eigenvalue weighted by Crippen LogP contribution is 2.23. The number of hydrogen-bond donors (Lipinski definition) is 1. The van der Waals surface area contributed by atoms with E-state index in [4.69, 9.17) is 4.74 Å². The molecule has 0 aliphatic carbocycles. The Labute approximate surface area is 140 Å². The average molecular weight is 322 g/mol. The number of carbonyl (C=O) groups is 1. The van der Waals surface area contributed by atoms with Gasteiger partial charge in [-0.2, -0.15) is 0 Å². The van der Waals surface area contributed by atoms with Gasteiger partial charge < -0.3 is 10.1 Å². The number of amides is 1. The summed E-state index contributed by atoms with van der Waals surface area (Å²) < 4.78 is 6.95. The van der Waals surface area contributed by atoms with E-state index in [1.807, 2.05) is 55.5 Å². The molecule has 0 bridgehead atoms. The summed E-state index contributed by atoms with van der Waals surface area (Å²) in [5.74, 6) is 0.374. The van der Waals surface area contributed by atoms with Crippen LogP contribution in [0.15, 0.2) is 48.5 Å². The van der Waals surface area contributed by atoms with Crippen LogP contribution in [0, 0.1) is 13.8 Å². The van der Waals surface area contributed by atoms with Crippen molar-refractivity contribution in [1.29, 1.82) is 0 Å². The Morgan fingerprint density at radius 3 is 2.54 bits per heavy atom. The van der Waals surface area contributed by atoms with E-state index in [0.717, 1.165) is 16.9 Å². The summed E-state index contributed by atoms with van der Waals surface area (Å²) >= 11 is 0. The highest BCUT2D eigenvalue weighted by molar-refractivity contribution is 6.04. The lowest BCUT2D eigenvalue weighted by atomic mass is 10.2. The number of aryl methyl sites for hydroxylation is 1. The summed E-state index contributed by atoms with van der Waals surface area (Å²) in [6.45, 7) is 3.74. The minimum Gasteiger partial charge on any atom is -0.494 e. The molecule has 6 heteroatoms. The smallest absolute Gasteiger partial charge is 0.278 e. The van der Waals surface area contributed by atoms with Gasteiger partial charge in [0.25, 0.3) is 5.91 Å². The third kappa shape index (κ3) is 2.86. The number of benzene rings is 2. The number of rotatable bonds is 4. The fourth-order valence-corrected chi connectivity index (χ4v) is 2.47. The minimum absolute atomic E-state index is 0.282. The van der Waals surface area contributed by atoms with Gasteiger partial charge in [-0.05, 0) is 37.6 Å². The monoisotopic (exact) mass is 322 g/mol. The van der Waals surface area contributed by atoms with Crippen molar-refractivity contribution in [2.45, 2.75) is 13.8 Å². The highest BCUT2D eigenvalue weighted by Gasteiger charge is 2.19. The van der Waals surface area contributed by atoms with Gasteiger partial charge in [0, 0.05) is 5.69 Å². The molecule has 1 heterocycles.